The second kappa shape index (κ2) is 5.46. The van der Waals surface area contributed by atoms with E-state index in [4.69, 9.17) is 26.2 Å². The van der Waals surface area contributed by atoms with Crippen LogP contribution in [0.5, 0.6) is 11.5 Å². The molecule has 4 nitrogen and oxygen atoms in total. The zero-order valence-electron chi connectivity index (χ0n) is 13.0. The average molecular weight is 329 g/mol. The predicted molar refractivity (Wildman–Crippen MR) is 90.3 cm³/mol. The van der Waals surface area contributed by atoms with Gasteiger partial charge in [-0.1, -0.05) is 11.6 Å². The van der Waals surface area contributed by atoms with Gasteiger partial charge in [0.2, 0.25) is 0 Å². The highest BCUT2D eigenvalue weighted by atomic mass is 35.5. The Morgan fingerprint density at radius 3 is 2.74 bits per heavy atom. The maximum Gasteiger partial charge on any atom is 0.185 e. The van der Waals surface area contributed by atoms with Crippen LogP contribution in [0.15, 0.2) is 47.6 Å². The second-order valence-electron chi connectivity index (χ2n) is 5.77. The van der Waals surface area contributed by atoms with Crippen LogP contribution < -0.4 is 9.47 Å². The van der Waals surface area contributed by atoms with Crippen molar-refractivity contribution >= 4 is 17.3 Å². The lowest BCUT2D eigenvalue weighted by molar-refractivity contribution is -0.00334. The van der Waals surface area contributed by atoms with Crippen molar-refractivity contribution in [1.82, 2.24) is 5.01 Å². The number of fused-ring (bicyclic) bond motifs is 3. The van der Waals surface area contributed by atoms with Gasteiger partial charge in [-0.3, -0.25) is 5.01 Å². The lowest BCUT2D eigenvalue weighted by Gasteiger charge is -2.36. The van der Waals surface area contributed by atoms with Crippen molar-refractivity contribution in [3.63, 3.8) is 0 Å². The summed E-state index contributed by atoms with van der Waals surface area (Å²) in [5.41, 5.74) is 3.26. The Hall–Kier alpha value is -2.20. The van der Waals surface area contributed by atoms with Crippen molar-refractivity contribution < 1.29 is 9.47 Å². The van der Waals surface area contributed by atoms with E-state index >= 15 is 0 Å². The molecule has 0 fully saturated rings. The number of hydrazone groups is 1. The van der Waals surface area contributed by atoms with Crippen LogP contribution >= 0.6 is 11.6 Å². The summed E-state index contributed by atoms with van der Waals surface area (Å²) in [5, 5.41) is 7.53. The number of halogens is 1. The molecule has 0 saturated carbocycles. The summed E-state index contributed by atoms with van der Waals surface area (Å²) in [4.78, 5) is 0. The van der Waals surface area contributed by atoms with Gasteiger partial charge in [0.05, 0.1) is 18.9 Å². The van der Waals surface area contributed by atoms with Crippen LogP contribution in [0.2, 0.25) is 5.02 Å². The van der Waals surface area contributed by atoms with E-state index in [0.717, 1.165) is 39.8 Å². The molecule has 2 aromatic carbocycles. The molecular formula is C18H17ClN2O2. The molecule has 0 spiro atoms. The van der Waals surface area contributed by atoms with E-state index in [-0.39, 0.29) is 12.3 Å². The summed E-state index contributed by atoms with van der Waals surface area (Å²) in [5.74, 6) is 1.74. The molecule has 2 aliphatic heterocycles. The maximum absolute atomic E-state index is 6.16. The van der Waals surface area contributed by atoms with Crippen LogP contribution in [0.3, 0.4) is 0 Å². The number of rotatable bonds is 2. The quantitative estimate of drug-likeness (QED) is 0.827. The van der Waals surface area contributed by atoms with Crippen LogP contribution in [0.1, 0.15) is 30.5 Å². The largest absolute Gasteiger partial charge is 0.497 e. The van der Waals surface area contributed by atoms with Crippen LogP contribution in [0, 0.1) is 0 Å². The summed E-state index contributed by atoms with van der Waals surface area (Å²) in [6.45, 7) is 2.02. The van der Waals surface area contributed by atoms with Crippen LogP contribution in [-0.2, 0) is 0 Å². The van der Waals surface area contributed by atoms with Gasteiger partial charge in [0.1, 0.15) is 11.5 Å². The highest BCUT2D eigenvalue weighted by Crippen LogP contribution is 2.43. The number of ether oxygens (including phenoxy) is 2. The zero-order valence-corrected chi connectivity index (χ0v) is 13.7. The Kier molecular flexibility index (Phi) is 3.42. The average Bonchev–Trinajstić information content (AvgIpc) is 3.02. The van der Waals surface area contributed by atoms with Gasteiger partial charge < -0.3 is 9.47 Å². The van der Waals surface area contributed by atoms with Gasteiger partial charge in [0.15, 0.2) is 6.23 Å². The molecule has 2 aliphatic rings. The summed E-state index contributed by atoms with van der Waals surface area (Å²) in [6, 6.07) is 14.0. The molecule has 0 radical (unpaired) electrons. The van der Waals surface area contributed by atoms with Gasteiger partial charge in [0, 0.05) is 17.0 Å². The molecule has 118 valence electrons. The van der Waals surface area contributed by atoms with Gasteiger partial charge in [-0.05, 0) is 55.0 Å². The lowest BCUT2D eigenvalue weighted by atomic mass is 9.96. The van der Waals surface area contributed by atoms with E-state index in [0.29, 0.717) is 0 Å². The Bertz CT molecular complexity index is 773. The second-order valence-corrected chi connectivity index (χ2v) is 6.21. The highest BCUT2D eigenvalue weighted by Gasteiger charge is 2.38. The Morgan fingerprint density at radius 2 is 2.00 bits per heavy atom. The highest BCUT2D eigenvalue weighted by molar-refractivity contribution is 6.30. The third-order valence-electron chi connectivity index (χ3n) is 4.37. The molecule has 0 saturated heterocycles. The van der Waals surface area contributed by atoms with Gasteiger partial charge in [-0.2, -0.15) is 5.10 Å². The van der Waals surface area contributed by atoms with E-state index in [9.17, 15) is 0 Å². The Balaban J connectivity index is 1.68. The number of methoxy groups -OCH3 is 1. The minimum atomic E-state index is -0.0931. The van der Waals surface area contributed by atoms with Crippen molar-refractivity contribution in [2.24, 2.45) is 5.10 Å². The molecule has 4 rings (SSSR count). The third-order valence-corrected chi connectivity index (χ3v) is 4.60. The molecule has 0 aromatic heterocycles. The monoisotopic (exact) mass is 328 g/mol. The topological polar surface area (TPSA) is 34.1 Å². The zero-order chi connectivity index (χ0) is 16.0. The minimum absolute atomic E-state index is 0.0931. The molecule has 2 heterocycles. The van der Waals surface area contributed by atoms with Gasteiger partial charge in [-0.25, -0.2) is 0 Å². The van der Waals surface area contributed by atoms with Crippen molar-refractivity contribution in [3.05, 3.63) is 58.6 Å². The molecule has 2 aromatic rings. The smallest absolute Gasteiger partial charge is 0.185 e. The number of nitrogens with zero attached hydrogens (tertiary/aromatic N) is 2. The molecule has 0 N–H and O–H groups in total. The van der Waals surface area contributed by atoms with Crippen LogP contribution in [0.25, 0.3) is 0 Å². The molecule has 0 bridgehead atoms. The normalized spacial score (nSPS) is 22.0. The standard InChI is InChI=1S/C18H17ClN2O2/c1-11-21-17(15-9-13(19)5-8-18(15)23-11)10-16(20-21)12-3-6-14(22-2)7-4-12/h3-9,11,17H,10H2,1-2H3. The molecular weight excluding hydrogens is 312 g/mol. The predicted octanol–water partition coefficient (Wildman–Crippen LogP) is 4.24. The van der Waals surface area contributed by atoms with E-state index in [1.54, 1.807) is 7.11 Å². The SMILES string of the molecule is COc1ccc(C2=NN3C(C)Oc4ccc(Cl)cc4C3C2)cc1. The van der Waals surface area contributed by atoms with Crippen LogP contribution in [-0.4, -0.2) is 24.1 Å². The summed E-state index contributed by atoms with van der Waals surface area (Å²) < 4.78 is 11.2. The van der Waals surface area contributed by atoms with Gasteiger partial charge in [-0.15, -0.1) is 0 Å². The first kappa shape index (κ1) is 14.4. The number of hydrogen-bond acceptors (Lipinski definition) is 4. The van der Waals surface area contributed by atoms with E-state index in [1.165, 1.54) is 0 Å². The molecule has 2 atom stereocenters. The summed E-state index contributed by atoms with van der Waals surface area (Å²) in [6.07, 6.45) is 0.748. The fraction of sp³-hybridized carbons (Fsp3) is 0.278. The van der Waals surface area contributed by atoms with Crippen molar-refractivity contribution in [2.45, 2.75) is 25.6 Å². The Morgan fingerprint density at radius 1 is 1.22 bits per heavy atom. The summed E-state index contributed by atoms with van der Waals surface area (Å²) in [7, 11) is 1.67. The first-order valence-electron chi connectivity index (χ1n) is 7.62. The third kappa shape index (κ3) is 2.43. The molecule has 0 aliphatic carbocycles. The Labute approximate surface area is 140 Å². The number of benzene rings is 2. The van der Waals surface area contributed by atoms with E-state index in [2.05, 4.69) is 0 Å². The fourth-order valence-electron chi connectivity index (χ4n) is 3.20. The lowest BCUT2D eigenvalue weighted by Crippen LogP contribution is -2.37. The van der Waals surface area contributed by atoms with E-state index < -0.39 is 0 Å². The molecule has 0 amide bonds. The number of hydrogen-bond donors (Lipinski definition) is 0. The minimum Gasteiger partial charge on any atom is -0.497 e. The maximum atomic E-state index is 6.16. The van der Waals surface area contributed by atoms with Crippen molar-refractivity contribution in [1.29, 1.82) is 0 Å². The van der Waals surface area contributed by atoms with Crippen molar-refractivity contribution in [3.8, 4) is 11.5 Å². The van der Waals surface area contributed by atoms with Crippen LogP contribution in [0.4, 0.5) is 0 Å². The van der Waals surface area contributed by atoms with Gasteiger partial charge >= 0.3 is 0 Å². The first-order chi connectivity index (χ1) is 11.2. The fourth-order valence-corrected chi connectivity index (χ4v) is 3.38. The summed E-state index contributed by atoms with van der Waals surface area (Å²) >= 11 is 6.16. The molecule has 5 heteroatoms. The van der Waals surface area contributed by atoms with Crippen molar-refractivity contribution in [2.75, 3.05) is 7.11 Å². The molecule has 2 unspecified atom stereocenters. The van der Waals surface area contributed by atoms with E-state index in [1.807, 2.05) is 54.4 Å². The first-order valence-corrected chi connectivity index (χ1v) is 8.00. The molecule has 23 heavy (non-hydrogen) atoms. The van der Waals surface area contributed by atoms with Gasteiger partial charge in [0.25, 0.3) is 0 Å².